The van der Waals surface area contributed by atoms with E-state index in [-0.39, 0.29) is 5.56 Å². The van der Waals surface area contributed by atoms with Gasteiger partial charge in [-0.2, -0.15) is 43.2 Å². The number of alkyl halides is 6. The molecule has 4 rings (SSSR count). The van der Waals surface area contributed by atoms with Crippen LogP contribution in [0.1, 0.15) is 0 Å². The molecular formula is C20H10F6O6S3. The lowest BCUT2D eigenvalue weighted by molar-refractivity contribution is -0.0502. The Balaban J connectivity index is 2.04. The van der Waals surface area contributed by atoms with Crippen LogP contribution in [0.5, 0.6) is 11.5 Å². The first-order valence-corrected chi connectivity index (χ1v) is 12.8. The van der Waals surface area contributed by atoms with Crippen molar-refractivity contribution in [1.29, 1.82) is 0 Å². The third-order valence-corrected chi connectivity index (χ3v) is 7.78. The Labute approximate surface area is 197 Å². The van der Waals surface area contributed by atoms with Crippen molar-refractivity contribution >= 4 is 51.7 Å². The maximum Gasteiger partial charge on any atom is 0.534 e. The molecule has 0 atom stereocenters. The molecule has 0 bridgehead atoms. The van der Waals surface area contributed by atoms with E-state index in [0.29, 0.717) is 20.2 Å². The first-order chi connectivity index (χ1) is 16.1. The Morgan fingerprint density at radius 1 is 0.629 bits per heavy atom. The predicted octanol–water partition coefficient (Wildman–Crippen LogP) is 6.18. The number of fused-ring (bicyclic) bond motifs is 3. The molecule has 186 valence electrons. The van der Waals surface area contributed by atoms with Crippen molar-refractivity contribution in [1.82, 2.24) is 0 Å². The standard InChI is InChI=1S/C20H10F6O6S3/c21-19(22,23)34(27,28)31-14-8-4-9-15(32-35(29,30)20(24,25)26)17(14)13-7-3-6-12-11-5-1-2-10-16(11)33-18(12)13/h1-10H. The smallest absolute Gasteiger partial charge is 0.375 e. The summed E-state index contributed by atoms with van der Waals surface area (Å²) in [4.78, 5) is 0. The first kappa shape index (κ1) is 25.1. The SMILES string of the molecule is O=S(=O)(Oc1cccc(OS(=O)(=O)C(F)(F)F)c1-c1cccc2c1sc1ccccc12)C(F)(F)F. The maximum atomic E-state index is 13.0. The second-order valence-electron chi connectivity index (χ2n) is 6.88. The van der Waals surface area contributed by atoms with Crippen LogP contribution in [-0.2, 0) is 20.2 Å². The molecule has 0 aliphatic carbocycles. The van der Waals surface area contributed by atoms with E-state index >= 15 is 0 Å². The van der Waals surface area contributed by atoms with E-state index in [4.69, 9.17) is 0 Å². The van der Waals surface area contributed by atoms with Gasteiger partial charge in [0.15, 0.2) is 11.5 Å². The predicted molar refractivity (Wildman–Crippen MR) is 116 cm³/mol. The summed E-state index contributed by atoms with van der Waals surface area (Å²) in [5.74, 6) is -2.16. The van der Waals surface area contributed by atoms with Crippen LogP contribution >= 0.6 is 11.3 Å². The number of hydrogen-bond acceptors (Lipinski definition) is 7. The molecule has 0 unspecified atom stereocenters. The number of hydrogen-bond donors (Lipinski definition) is 0. The van der Waals surface area contributed by atoms with E-state index in [0.717, 1.165) is 29.5 Å². The summed E-state index contributed by atoms with van der Waals surface area (Å²) in [6.45, 7) is 0. The summed E-state index contributed by atoms with van der Waals surface area (Å²) >= 11 is 1.09. The van der Waals surface area contributed by atoms with E-state index in [1.807, 2.05) is 0 Å². The van der Waals surface area contributed by atoms with Crippen molar-refractivity contribution in [3.8, 4) is 22.6 Å². The van der Waals surface area contributed by atoms with Gasteiger partial charge in [-0.3, -0.25) is 0 Å². The molecule has 1 aromatic heterocycles. The van der Waals surface area contributed by atoms with Gasteiger partial charge in [-0.1, -0.05) is 42.5 Å². The van der Waals surface area contributed by atoms with Gasteiger partial charge in [0.05, 0.1) is 5.56 Å². The van der Waals surface area contributed by atoms with E-state index in [1.165, 1.54) is 12.1 Å². The van der Waals surface area contributed by atoms with Crippen molar-refractivity contribution in [2.45, 2.75) is 11.0 Å². The molecule has 0 saturated heterocycles. The van der Waals surface area contributed by atoms with Crippen LogP contribution in [0.3, 0.4) is 0 Å². The maximum absolute atomic E-state index is 13.0. The zero-order valence-electron chi connectivity index (χ0n) is 16.7. The van der Waals surface area contributed by atoms with Crippen molar-refractivity contribution in [2.75, 3.05) is 0 Å². The highest BCUT2D eigenvalue weighted by Crippen LogP contribution is 2.47. The fourth-order valence-electron chi connectivity index (χ4n) is 3.19. The highest BCUT2D eigenvalue weighted by molar-refractivity contribution is 7.88. The van der Waals surface area contributed by atoms with E-state index in [1.54, 1.807) is 30.3 Å². The second-order valence-corrected chi connectivity index (χ2v) is 11.0. The molecule has 0 aliphatic rings. The van der Waals surface area contributed by atoms with Gasteiger partial charge in [-0.15, -0.1) is 11.3 Å². The fraction of sp³-hybridized carbons (Fsp3) is 0.100. The normalized spacial score (nSPS) is 13.3. The van der Waals surface area contributed by atoms with Gasteiger partial charge >= 0.3 is 31.3 Å². The minimum atomic E-state index is -6.27. The summed E-state index contributed by atoms with van der Waals surface area (Å²) < 4.78 is 134. The number of halogens is 6. The molecular weight excluding hydrogens is 546 g/mol. The van der Waals surface area contributed by atoms with Gasteiger partial charge < -0.3 is 8.37 Å². The molecule has 0 amide bonds. The third-order valence-electron chi connectivity index (χ3n) is 4.63. The molecule has 0 fully saturated rings. The molecule has 4 aromatic rings. The van der Waals surface area contributed by atoms with Crippen LogP contribution in [0.15, 0.2) is 60.7 Å². The van der Waals surface area contributed by atoms with Gasteiger partial charge in [0.2, 0.25) is 0 Å². The van der Waals surface area contributed by atoms with Gasteiger partial charge in [-0.05, 0) is 18.2 Å². The van der Waals surface area contributed by atoms with Gasteiger partial charge in [0.1, 0.15) is 0 Å². The Hall–Kier alpha value is -3.04. The molecule has 0 saturated carbocycles. The average molecular weight is 556 g/mol. The molecule has 0 spiro atoms. The van der Waals surface area contributed by atoms with Crippen molar-refractivity contribution in [2.24, 2.45) is 0 Å². The van der Waals surface area contributed by atoms with Gasteiger partial charge in [-0.25, -0.2) is 0 Å². The molecule has 35 heavy (non-hydrogen) atoms. The third kappa shape index (κ3) is 4.50. The Morgan fingerprint density at radius 3 is 1.66 bits per heavy atom. The fourth-order valence-corrected chi connectivity index (χ4v) is 5.35. The van der Waals surface area contributed by atoms with Crippen molar-refractivity contribution < 1.29 is 51.5 Å². The average Bonchev–Trinajstić information content (AvgIpc) is 3.11. The van der Waals surface area contributed by atoms with Crippen LogP contribution in [-0.4, -0.2) is 27.9 Å². The molecule has 15 heteroatoms. The molecule has 0 N–H and O–H groups in total. The van der Waals surface area contributed by atoms with Crippen molar-refractivity contribution in [3.05, 3.63) is 60.7 Å². The largest absolute Gasteiger partial charge is 0.534 e. The zero-order valence-corrected chi connectivity index (χ0v) is 19.2. The van der Waals surface area contributed by atoms with Crippen LogP contribution in [0.25, 0.3) is 31.3 Å². The summed E-state index contributed by atoms with van der Waals surface area (Å²) in [6.07, 6.45) is 0. The van der Waals surface area contributed by atoms with Crippen LogP contribution in [0, 0.1) is 0 Å². The monoisotopic (exact) mass is 556 g/mol. The quantitative estimate of drug-likeness (QED) is 0.166. The Bertz CT molecular complexity index is 1590. The number of rotatable bonds is 5. The molecule has 3 aromatic carbocycles. The molecule has 1 heterocycles. The van der Waals surface area contributed by atoms with Crippen LogP contribution in [0.2, 0.25) is 0 Å². The minimum Gasteiger partial charge on any atom is -0.375 e. The minimum absolute atomic E-state index is 0.107. The zero-order chi connectivity index (χ0) is 25.8. The van der Waals surface area contributed by atoms with E-state index < -0.39 is 48.3 Å². The summed E-state index contributed by atoms with van der Waals surface area (Å²) in [5, 5.41) is 1.22. The first-order valence-electron chi connectivity index (χ1n) is 9.17. The highest BCUT2D eigenvalue weighted by Gasteiger charge is 2.50. The van der Waals surface area contributed by atoms with Crippen LogP contribution < -0.4 is 8.37 Å². The second kappa shape index (κ2) is 8.27. The number of benzene rings is 3. The lowest BCUT2D eigenvalue weighted by Gasteiger charge is -2.17. The lowest BCUT2D eigenvalue weighted by Crippen LogP contribution is -2.29. The van der Waals surface area contributed by atoms with Crippen molar-refractivity contribution in [3.63, 3.8) is 0 Å². The van der Waals surface area contributed by atoms with Crippen LogP contribution in [0.4, 0.5) is 26.3 Å². The topological polar surface area (TPSA) is 86.7 Å². The molecule has 6 nitrogen and oxygen atoms in total. The highest BCUT2D eigenvalue weighted by atomic mass is 32.2. The summed E-state index contributed by atoms with van der Waals surface area (Å²) in [6, 6.07) is 13.4. The van der Waals surface area contributed by atoms with E-state index in [9.17, 15) is 43.2 Å². The van der Waals surface area contributed by atoms with Gasteiger partial charge in [0, 0.05) is 25.7 Å². The summed E-state index contributed by atoms with van der Waals surface area (Å²) in [7, 11) is -12.5. The Morgan fingerprint density at radius 2 is 1.11 bits per heavy atom. The lowest BCUT2D eigenvalue weighted by atomic mass is 10.0. The Kier molecular flexibility index (Phi) is 5.92. The summed E-state index contributed by atoms with van der Waals surface area (Å²) in [5.41, 5.74) is -12.6. The van der Waals surface area contributed by atoms with E-state index in [2.05, 4.69) is 8.37 Å². The molecule has 0 aliphatic heterocycles. The van der Waals surface area contributed by atoms with Gasteiger partial charge in [0.25, 0.3) is 0 Å². The molecule has 0 radical (unpaired) electrons. The number of thiophene rings is 1.